The Hall–Kier alpha value is -1.76. The van der Waals surface area contributed by atoms with Crippen LogP contribution < -0.4 is 0 Å². The van der Waals surface area contributed by atoms with Crippen molar-refractivity contribution in [3.8, 4) is 0 Å². The van der Waals surface area contributed by atoms with Crippen LogP contribution in [0.3, 0.4) is 0 Å². The van der Waals surface area contributed by atoms with E-state index < -0.39 is 0 Å². The summed E-state index contributed by atoms with van der Waals surface area (Å²) in [4.78, 5) is 0. The van der Waals surface area contributed by atoms with E-state index in [0.29, 0.717) is 6.10 Å². The maximum absolute atomic E-state index is 6.35. The summed E-state index contributed by atoms with van der Waals surface area (Å²) in [6.45, 7) is 4.67. The van der Waals surface area contributed by atoms with Gasteiger partial charge in [-0.2, -0.15) is 0 Å². The van der Waals surface area contributed by atoms with Crippen LogP contribution in [0.1, 0.15) is 122 Å². The first kappa shape index (κ1) is 25.9. The first-order chi connectivity index (χ1) is 16.3. The number of ether oxygens (including phenoxy) is 1. The maximum Gasteiger partial charge on any atom is 0.0978 e. The van der Waals surface area contributed by atoms with Crippen LogP contribution in [0.4, 0.5) is 0 Å². The van der Waals surface area contributed by atoms with E-state index in [-0.39, 0.29) is 0 Å². The molecule has 1 heteroatoms. The van der Waals surface area contributed by atoms with Crippen LogP contribution in [0.2, 0.25) is 0 Å². The average molecular weight is 449 g/mol. The number of unbranched alkanes of at least 4 members (excludes halogenated alkanes) is 9. The predicted octanol–water partition coefficient (Wildman–Crippen LogP) is 10.2. The van der Waals surface area contributed by atoms with Gasteiger partial charge in [0.1, 0.15) is 0 Å². The molecule has 0 aliphatic heterocycles. The van der Waals surface area contributed by atoms with E-state index >= 15 is 0 Å². The van der Waals surface area contributed by atoms with E-state index in [0.717, 1.165) is 12.3 Å². The molecule has 182 valence electrons. The van der Waals surface area contributed by atoms with E-state index in [9.17, 15) is 0 Å². The summed E-state index contributed by atoms with van der Waals surface area (Å²) in [7, 11) is 0. The highest BCUT2D eigenvalue weighted by Crippen LogP contribution is 2.35. The van der Waals surface area contributed by atoms with E-state index in [1.165, 1.54) is 113 Å². The second kappa shape index (κ2) is 15.2. The smallest absolute Gasteiger partial charge is 0.0978 e. The summed E-state index contributed by atoms with van der Waals surface area (Å²) in [6.07, 6.45) is 28.5. The van der Waals surface area contributed by atoms with Crippen LogP contribution in [0, 0.1) is 5.92 Å². The van der Waals surface area contributed by atoms with Crippen molar-refractivity contribution in [1.29, 1.82) is 0 Å². The van der Waals surface area contributed by atoms with Gasteiger partial charge in [-0.25, -0.2) is 0 Å². The molecule has 1 nitrogen and oxygen atoms in total. The van der Waals surface area contributed by atoms with E-state index in [1.807, 2.05) is 0 Å². The maximum atomic E-state index is 6.35. The van der Waals surface area contributed by atoms with Gasteiger partial charge < -0.3 is 4.74 Å². The van der Waals surface area contributed by atoms with Gasteiger partial charge in [0.05, 0.1) is 12.4 Å². The second-order valence-corrected chi connectivity index (χ2v) is 10.5. The van der Waals surface area contributed by atoms with Crippen LogP contribution in [-0.2, 0) is 4.74 Å². The van der Waals surface area contributed by atoms with Crippen molar-refractivity contribution in [1.82, 2.24) is 0 Å². The molecule has 1 saturated carbocycles. The van der Waals surface area contributed by atoms with Gasteiger partial charge in [0.15, 0.2) is 0 Å². The minimum Gasteiger partial charge on any atom is -0.498 e. The molecule has 1 fully saturated rings. The molecule has 0 bridgehead atoms. The summed E-state index contributed by atoms with van der Waals surface area (Å²) in [5.41, 5.74) is 5.58. The predicted molar refractivity (Wildman–Crippen MR) is 144 cm³/mol. The fraction of sp³-hybridized carbons (Fsp3) is 0.625. The molecule has 0 unspecified atom stereocenters. The number of allylic oxidation sites excluding steroid dienone is 5. The lowest BCUT2D eigenvalue weighted by atomic mass is 9.87. The molecule has 1 aromatic rings. The minimum absolute atomic E-state index is 0.405. The molecular formula is C32H48O. The normalized spacial score (nSPS) is 22.2. The Labute approximate surface area is 204 Å². The zero-order chi connectivity index (χ0) is 23.1. The van der Waals surface area contributed by atoms with Gasteiger partial charge in [-0.05, 0) is 67.6 Å². The fourth-order valence-electron chi connectivity index (χ4n) is 5.27. The van der Waals surface area contributed by atoms with Crippen molar-refractivity contribution in [3.05, 3.63) is 65.5 Å². The highest BCUT2D eigenvalue weighted by Gasteiger charge is 2.20. The van der Waals surface area contributed by atoms with Gasteiger partial charge in [0.2, 0.25) is 0 Å². The number of hydrogen-bond acceptors (Lipinski definition) is 1. The SMILES string of the molecule is CCCCCCCCCCCCC1=CC=C(c2ccccc2)C(=COC2CCC(C)CC2)C1. The quantitative estimate of drug-likeness (QED) is 0.203. The molecule has 0 N–H and O–H groups in total. The Balaban J connectivity index is 1.46. The van der Waals surface area contributed by atoms with Gasteiger partial charge in [-0.15, -0.1) is 0 Å². The van der Waals surface area contributed by atoms with E-state index in [1.54, 1.807) is 5.57 Å². The first-order valence-electron chi connectivity index (χ1n) is 14.1. The molecule has 0 aromatic heterocycles. The van der Waals surface area contributed by atoms with Crippen LogP contribution in [0.15, 0.2) is 59.9 Å². The molecule has 0 spiro atoms. The van der Waals surface area contributed by atoms with Crippen molar-refractivity contribution in [2.45, 2.75) is 123 Å². The highest BCUT2D eigenvalue weighted by molar-refractivity contribution is 5.81. The molecule has 1 aromatic carbocycles. The minimum atomic E-state index is 0.405. The number of hydrogen-bond donors (Lipinski definition) is 0. The van der Waals surface area contributed by atoms with Gasteiger partial charge in [-0.1, -0.05) is 120 Å². The van der Waals surface area contributed by atoms with Crippen molar-refractivity contribution in [3.63, 3.8) is 0 Å². The molecule has 0 atom stereocenters. The Kier molecular flexibility index (Phi) is 11.9. The molecule has 0 radical (unpaired) electrons. The molecule has 0 amide bonds. The van der Waals surface area contributed by atoms with Gasteiger partial charge in [0.25, 0.3) is 0 Å². The fourth-order valence-corrected chi connectivity index (χ4v) is 5.27. The third-order valence-corrected chi connectivity index (χ3v) is 7.55. The zero-order valence-corrected chi connectivity index (χ0v) is 21.5. The van der Waals surface area contributed by atoms with Crippen LogP contribution in [0.5, 0.6) is 0 Å². The largest absolute Gasteiger partial charge is 0.498 e. The van der Waals surface area contributed by atoms with Crippen molar-refractivity contribution < 1.29 is 4.74 Å². The molecule has 0 saturated heterocycles. The van der Waals surface area contributed by atoms with Gasteiger partial charge in [-0.3, -0.25) is 0 Å². The number of rotatable bonds is 14. The molecular weight excluding hydrogens is 400 g/mol. The Morgan fingerprint density at radius 2 is 1.42 bits per heavy atom. The lowest BCUT2D eigenvalue weighted by molar-refractivity contribution is 0.0903. The summed E-state index contributed by atoms with van der Waals surface area (Å²) in [5.74, 6) is 0.863. The van der Waals surface area contributed by atoms with Crippen LogP contribution in [0.25, 0.3) is 5.57 Å². The van der Waals surface area contributed by atoms with Gasteiger partial charge in [0, 0.05) is 0 Å². The first-order valence-corrected chi connectivity index (χ1v) is 14.1. The monoisotopic (exact) mass is 448 g/mol. The summed E-state index contributed by atoms with van der Waals surface area (Å²) in [5, 5.41) is 0. The molecule has 2 aliphatic rings. The molecule has 2 aliphatic carbocycles. The number of benzene rings is 1. The summed E-state index contributed by atoms with van der Waals surface area (Å²) < 4.78 is 6.35. The van der Waals surface area contributed by atoms with E-state index in [4.69, 9.17) is 4.74 Å². The van der Waals surface area contributed by atoms with Crippen LogP contribution >= 0.6 is 0 Å². The van der Waals surface area contributed by atoms with Crippen molar-refractivity contribution in [2.24, 2.45) is 5.92 Å². The standard InChI is InChI=1S/C32H48O/c1-3-4-5-6-7-8-9-10-11-13-16-28-21-24-32(29-17-14-12-15-18-29)30(25-28)26-33-31-22-19-27(2)20-23-31/h12,14-15,17-18,21,24,26-27,31H,3-11,13,16,19-20,22-23,25H2,1-2H3. The molecule has 33 heavy (non-hydrogen) atoms. The molecule has 3 rings (SSSR count). The van der Waals surface area contributed by atoms with Gasteiger partial charge >= 0.3 is 0 Å². The summed E-state index contributed by atoms with van der Waals surface area (Å²) >= 11 is 0. The summed E-state index contributed by atoms with van der Waals surface area (Å²) in [6, 6.07) is 10.8. The lowest BCUT2D eigenvalue weighted by Crippen LogP contribution is -2.18. The third-order valence-electron chi connectivity index (χ3n) is 7.55. The molecule has 0 heterocycles. The third kappa shape index (κ3) is 9.55. The van der Waals surface area contributed by atoms with Crippen molar-refractivity contribution in [2.75, 3.05) is 0 Å². The Bertz CT molecular complexity index is 746. The highest BCUT2D eigenvalue weighted by atomic mass is 16.5. The average Bonchev–Trinajstić information content (AvgIpc) is 2.85. The van der Waals surface area contributed by atoms with Crippen molar-refractivity contribution >= 4 is 5.57 Å². The Morgan fingerprint density at radius 1 is 0.788 bits per heavy atom. The lowest BCUT2D eigenvalue weighted by Gasteiger charge is -2.26. The zero-order valence-electron chi connectivity index (χ0n) is 21.5. The topological polar surface area (TPSA) is 9.23 Å². The Morgan fingerprint density at radius 3 is 2.09 bits per heavy atom. The second-order valence-electron chi connectivity index (χ2n) is 10.5. The van der Waals surface area contributed by atoms with E-state index in [2.05, 4.69) is 62.6 Å². The van der Waals surface area contributed by atoms with Crippen LogP contribution in [-0.4, -0.2) is 6.10 Å².